The summed E-state index contributed by atoms with van der Waals surface area (Å²) in [6, 6.07) is 5.21. The van der Waals surface area contributed by atoms with Gasteiger partial charge < -0.3 is 15.4 Å². The Morgan fingerprint density at radius 1 is 1.35 bits per heavy atom. The lowest BCUT2D eigenvalue weighted by Crippen LogP contribution is -2.55. The lowest BCUT2D eigenvalue weighted by molar-refractivity contribution is -0.155. The number of primary amides is 1. The van der Waals surface area contributed by atoms with Crippen LogP contribution in [0.1, 0.15) is 40.7 Å². The van der Waals surface area contributed by atoms with Crippen LogP contribution in [0.15, 0.2) is 29.8 Å². The van der Waals surface area contributed by atoms with Crippen molar-refractivity contribution in [2.24, 2.45) is 11.7 Å². The number of carbonyl (C=O) groups is 2. The Bertz CT molecular complexity index is 846. The number of hydrogen-bond donors (Lipinski definition) is 1. The fraction of sp³-hybridized carbons (Fsp3) is 0.421. The maximum absolute atomic E-state index is 13.5. The van der Waals surface area contributed by atoms with E-state index in [4.69, 9.17) is 10.5 Å². The number of nitrogens with two attached hydrogens (primary N) is 1. The van der Waals surface area contributed by atoms with Gasteiger partial charge in [-0.05, 0) is 37.0 Å². The number of rotatable bonds is 3. The molecule has 2 unspecified atom stereocenters. The summed E-state index contributed by atoms with van der Waals surface area (Å²) in [6.45, 7) is 3.52. The molecule has 0 radical (unpaired) electrons. The Morgan fingerprint density at radius 2 is 2.12 bits per heavy atom. The van der Waals surface area contributed by atoms with Crippen LogP contribution in [0.4, 0.5) is 0 Å². The number of carbonyl (C=O) groups excluding carboxylic acids is 2. The van der Waals surface area contributed by atoms with Gasteiger partial charge in [0.15, 0.2) is 0 Å². The molecule has 2 aliphatic rings. The first kappa shape index (κ1) is 17.0. The first-order chi connectivity index (χ1) is 12.5. The predicted octanol–water partition coefficient (Wildman–Crippen LogP) is 2.33. The molecule has 1 aromatic carbocycles. The molecule has 1 saturated heterocycles. The van der Waals surface area contributed by atoms with Crippen LogP contribution in [0.25, 0.3) is 0 Å². The topological polar surface area (TPSA) is 85.5 Å². The van der Waals surface area contributed by atoms with Crippen LogP contribution in [-0.2, 0) is 16.8 Å². The summed E-state index contributed by atoms with van der Waals surface area (Å²) in [5.41, 5.74) is 5.62. The molecular weight excluding hydrogens is 350 g/mol. The lowest BCUT2D eigenvalue weighted by Gasteiger charge is -2.42. The van der Waals surface area contributed by atoms with E-state index in [-0.39, 0.29) is 11.8 Å². The van der Waals surface area contributed by atoms with E-state index in [0.717, 1.165) is 31.5 Å². The monoisotopic (exact) mass is 371 g/mol. The van der Waals surface area contributed by atoms with Crippen molar-refractivity contribution in [1.82, 2.24) is 9.88 Å². The zero-order valence-corrected chi connectivity index (χ0v) is 15.4. The number of thiazole rings is 1. The maximum atomic E-state index is 13.5. The molecule has 4 rings (SSSR count). The highest BCUT2D eigenvalue weighted by molar-refractivity contribution is 7.09. The Labute approximate surface area is 156 Å². The summed E-state index contributed by atoms with van der Waals surface area (Å²) in [5.74, 6) is -0.0795. The van der Waals surface area contributed by atoms with Crippen molar-refractivity contribution in [2.45, 2.75) is 31.8 Å². The van der Waals surface area contributed by atoms with Gasteiger partial charge in [0, 0.05) is 36.1 Å². The molecule has 2 aromatic rings. The molecule has 3 heterocycles. The van der Waals surface area contributed by atoms with Gasteiger partial charge in [-0.2, -0.15) is 0 Å². The quantitative estimate of drug-likeness (QED) is 0.897. The van der Waals surface area contributed by atoms with Crippen LogP contribution in [0, 0.1) is 5.92 Å². The number of hydrogen-bond acceptors (Lipinski definition) is 5. The first-order valence-corrected chi connectivity index (χ1v) is 9.71. The van der Waals surface area contributed by atoms with E-state index in [0.29, 0.717) is 22.7 Å². The summed E-state index contributed by atoms with van der Waals surface area (Å²) in [6.07, 6.45) is 4.39. The van der Waals surface area contributed by atoms with Crippen molar-refractivity contribution in [2.75, 3.05) is 13.1 Å². The number of likely N-dealkylation sites (tertiary alicyclic amines) is 1. The van der Waals surface area contributed by atoms with Gasteiger partial charge in [-0.1, -0.05) is 13.0 Å². The molecule has 0 bridgehead atoms. The average Bonchev–Trinajstić information content (AvgIpc) is 3.33. The molecule has 6 nitrogen and oxygen atoms in total. The Kier molecular flexibility index (Phi) is 4.19. The molecule has 136 valence electrons. The first-order valence-electron chi connectivity index (χ1n) is 8.83. The predicted molar refractivity (Wildman–Crippen MR) is 98.1 cm³/mol. The van der Waals surface area contributed by atoms with Crippen molar-refractivity contribution >= 4 is 23.2 Å². The van der Waals surface area contributed by atoms with Gasteiger partial charge in [-0.25, -0.2) is 4.98 Å². The van der Waals surface area contributed by atoms with E-state index in [1.165, 1.54) is 11.3 Å². The van der Waals surface area contributed by atoms with Crippen molar-refractivity contribution < 1.29 is 14.3 Å². The molecule has 2 amide bonds. The minimum atomic E-state index is -1.15. The van der Waals surface area contributed by atoms with E-state index in [1.807, 2.05) is 23.3 Å². The average molecular weight is 371 g/mol. The Morgan fingerprint density at radius 3 is 2.77 bits per heavy atom. The number of benzene rings is 1. The number of fused-ring (bicyclic) bond motifs is 1. The molecule has 7 heteroatoms. The zero-order chi connectivity index (χ0) is 18.3. The van der Waals surface area contributed by atoms with Crippen LogP contribution in [0.2, 0.25) is 0 Å². The van der Waals surface area contributed by atoms with Crippen LogP contribution in [-0.4, -0.2) is 34.8 Å². The second kappa shape index (κ2) is 6.39. The molecule has 26 heavy (non-hydrogen) atoms. The second-order valence-corrected chi connectivity index (χ2v) is 7.86. The van der Waals surface area contributed by atoms with Crippen molar-refractivity contribution in [3.05, 3.63) is 45.9 Å². The van der Waals surface area contributed by atoms with E-state index < -0.39 is 11.5 Å². The van der Waals surface area contributed by atoms with Crippen LogP contribution in [0.3, 0.4) is 0 Å². The molecular formula is C19H21N3O3S. The van der Waals surface area contributed by atoms with Gasteiger partial charge in [-0.15, -0.1) is 11.3 Å². The highest BCUT2D eigenvalue weighted by atomic mass is 32.1. The van der Waals surface area contributed by atoms with Crippen LogP contribution >= 0.6 is 11.3 Å². The van der Waals surface area contributed by atoms with Crippen LogP contribution < -0.4 is 10.5 Å². The third-order valence-electron chi connectivity index (χ3n) is 5.30. The van der Waals surface area contributed by atoms with E-state index in [1.54, 1.807) is 18.3 Å². The molecule has 2 aliphatic heterocycles. The van der Waals surface area contributed by atoms with E-state index >= 15 is 0 Å². The van der Waals surface area contributed by atoms with Gasteiger partial charge in [0.05, 0.1) is 0 Å². The van der Waals surface area contributed by atoms with Gasteiger partial charge in [-0.3, -0.25) is 9.59 Å². The molecule has 2 N–H and O–H groups in total. The third-order valence-corrected chi connectivity index (χ3v) is 6.19. The molecule has 2 atom stereocenters. The normalized spacial score (nSPS) is 24.8. The SMILES string of the molecule is CC1Cc2ccc(C(N)=O)cc2OC1(C(=O)N1CCCC1)c1nccs1. The molecule has 0 spiro atoms. The van der Waals surface area contributed by atoms with E-state index in [9.17, 15) is 9.59 Å². The summed E-state index contributed by atoms with van der Waals surface area (Å²) in [5, 5.41) is 2.52. The van der Waals surface area contributed by atoms with Gasteiger partial charge >= 0.3 is 0 Å². The van der Waals surface area contributed by atoms with Crippen molar-refractivity contribution in [3.8, 4) is 5.75 Å². The summed E-state index contributed by atoms with van der Waals surface area (Å²) in [7, 11) is 0. The fourth-order valence-corrected chi connectivity index (χ4v) is 4.76. The molecule has 1 fully saturated rings. The standard InChI is InChI=1S/C19H21N3O3S/c1-12-10-13-4-5-14(16(20)23)11-15(13)25-19(12,17-21-6-9-26-17)18(24)22-7-2-3-8-22/h4-6,9,11-12H,2-3,7-8,10H2,1H3,(H2,20,23). The smallest absolute Gasteiger partial charge is 0.274 e. The number of ether oxygens (including phenoxy) is 1. The third kappa shape index (κ3) is 2.58. The summed E-state index contributed by atoms with van der Waals surface area (Å²) >= 11 is 1.43. The number of amides is 2. The maximum Gasteiger partial charge on any atom is 0.274 e. The highest BCUT2D eigenvalue weighted by Crippen LogP contribution is 2.45. The molecule has 1 aromatic heterocycles. The second-order valence-electron chi connectivity index (χ2n) is 6.97. The Balaban J connectivity index is 1.82. The minimum absolute atomic E-state index is 0.0346. The number of nitrogens with zero attached hydrogens (tertiary/aromatic N) is 2. The van der Waals surface area contributed by atoms with Crippen molar-refractivity contribution in [3.63, 3.8) is 0 Å². The van der Waals surface area contributed by atoms with Gasteiger partial charge in [0.25, 0.3) is 5.91 Å². The highest BCUT2D eigenvalue weighted by Gasteiger charge is 2.54. The van der Waals surface area contributed by atoms with E-state index in [2.05, 4.69) is 4.98 Å². The van der Waals surface area contributed by atoms with Gasteiger partial charge in [0.1, 0.15) is 10.8 Å². The minimum Gasteiger partial charge on any atom is -0.469 e. The molecule has 0 aliphatic carbocycles. The fourth-order valence-electron chi connectivity index (χ4n) is 3.88. The molecule has 0 saturated carbocycles. The Hall–Kier alpha value is -2.41. The lowest BCUT2D eigenvalue weighted by atomic mass is 9.80. The van der Waals surface area contributed by atoms with Crippen molar-refractivity contribution in [1.29, 1.82) is 0 Å². The number of aromatic nitrogens is 1. The zero-order valence-electron chi connectivity index (χ0n) is 14.6. The largest absolute Gasteiger partial charge is 0.469 e. The van der Waals surface area contributed by atoms with Gasteiger partial charge in [0.2, 0.25) is 11.5 Å². The summed E-state index contributed by atoms with van der Waals surface area (Å²) in [4.78, 5) is 31.4. The van der Waals surface area contributed by atoms with Crippen LogP contribution in [0.5, 0.6) is 5.75 Å². The summed E-state index contributed by atoms with van der Waals surface area (Å²) < 4.78 is 6.39.